The quantitative estimate of drug-likeness (QED) is 0.380. The number of β-lactam (4-membered cyclic amide) rings is 1. The van der Waals surface area contributed by atoms with Crippen LogP contribution >= 0.6 is 11.8 Å². The Morgan fingerprint density at radius 1 is 1.39 bits per heavy atom. The Morgan fingerprint density at radius 3 is 2.67 bits per heavy atom. The SMILES string of the molecule is C=CCOC(=O)N1C[C@@H](SC2=C(C(=O)O)N3C(=O)[C@H]([C@@H](C)O)[C@H]3[C@H]2C)C[C@H]1/C=C\CN(C)C. The van der Waals surface area contributed by atoms with Crippen molar-refractivity contribution in [2.24, 2.45) is 11.8 Å². The molecule has 2 fully saturated rings. The molecule has 182 valence electrons. The van der Waals surface area contributed by atoms with Gasteiger partial charge in [0.2, 0.25) is 5.91 Å². The highest BCUT2D eigenvalue weighted by Crippen LogP contribution is 2.52. The summed E-state index contributed by atoms with van der Waals surface area (Å²) in [6.07, 6.45) is 4.87. The van der Waals surface area contributed by atoms with Crippen LogP contribution in [0, 0.1) is 11.8 Å². The third kappa shape index (κ3) is 4.97. The Morgan fingerprint density at radius 2 is 2.09 bits per heavy atom. The van der Waals surface area contributed by atoms with Crippen LogP contribution in [0.5, 0.6) is 0 Å². The Hall–Kier alpha value is -2.30. The molecule has 3 aliphatic rings. The normalized spacial score (nSPS) is 30.1. The maximum absolute atomic E-state index is 12.6. The molecule has 0 aliphatic carbocycles. The fourth-order valence-electron chi connectivity index (χ4n) is 4.80. The Labute approximate surface area is 198 Å². The Kier molecular flexibility index (Phi) is 7.92. The molecule has 0 spiro atoms. The van der Waals surface area contributed by atoms with Crippen molar-refractivity contribution in [3.63, 3.8) is 0 Å². The van der Waals surface area contributed by atoms with Crippen LogP contribution in [0.4, 0.5) is 4.79 Å². The predicted octanol–water partition coefficient (Wildman–Crippen LogP) is 1.76. The number of carboxylic acid groups (broad SMARTS) is 1. The number of nitrogens with zero attached hydrogens (tertiary/aromatic N) is 3. The van der Waals surface area contributed by atoms with Gasteiger partial charge in [-0.25, -0.2) is 9.59 Å². The molecule has 3 aliphatic heterocycles. The smallest absolute Gasteiger partial charge is 0.410 e. The molecular formula is C23H33N3O6S. The summed E-state index contributed by atoms with van der Waals surface area (Å²) in [6.45, 7) is 8.29. The highest BCUT2D eigenvalue weighted by Gasteiger charge is 2.60. The Balaban J connectivity index is 1.80. The number of hydrogen-bond donors (Lipinski definition) is 2. The zero-order chi connectivity index (χ0) is 24.4. The van der Waals surface area contributed by atoms with E-state index in [0.29, 0.717) is 17.9 Å². The van der Waals surface area contributed by atoms with E-state index in [0.717, 1.165) is 6.54 Å². The second-order valence-electron chi connectivity index (χ2n) is 9.02. The van der Waals surface area contributed by atoms with Crippen molar-refractivity contribution in [3.05, 3.63) is 35.4 Å². The first-order valence-corrected chi connectivity index (χ1v) is 12.0. The fraction of sp³-hybridized carbons (Fsp3) is 0.609. The Bertz CT molecular complexity index is 870. The third-order valence-corrected chi connectivity index (χ3v) is 7.79. The number of amides is 2. The van der Waals surface area contributed by atoms with E-state index in [-0.39, 0.29) is 41.5 Å². The largest absolute Gasteiger partial charge is 0.477 e. The molecule has 6 atom stereocenters. The lowest BCUT2D eigenvalue weighted by molar-refractivity contribution is -0.163. The highest BCUT2D eigenvalue weighted by molar-refractivity contribution is 8.03. The number of carbonyl (C=O) groups excluding carboxylic acids is 2. The monoisotopic (exact) mass is 479 g/mol. The van der Waals surface area contributed by atoms with Gasteiger partial charge >= 0.3 is 12.1 Å². The molecule has 3 heterocycles. The van der Waals surface area contributed by atoms with Crippen molar-refractivity contribution in [2.75, 3.05) is 33.8 Å². The van der Waals surface area contributed by atoms with E-state index in [2.05, 4.69) is 6.58 Å². The number of aliphatic carboxylic acids is 1. The molecule has 0 saturated carbocycles. The van der Waals surface area contributed by atoms with E-state index >= 15 is 0 Å². The summed E-state index contributed by atoms with van der Waals surface area (Å²) < 4.78 is 5.26. The average molecular weight is 480 g/mol. The lowest BCUT2D eigenvalue weighted by Gasteiger charge is -2.46. The minimum Gasteiger partial charge on any atom is -0.477 e. The summed E-state index contributed by atoms with van der Waals surface area (Å²) in [5.74, 6) is -2.29. The lowest BCUT2D eigenvalue weighted by Crippen LogP contribution is -2.63. The fourth-order valence-corrected chi connectivity index (χ4v) is 6.34. The lowest BCUT2D eigenvalue weighted by atomic mass is 9.79. The average Bonchev–Trinajstić information content (AvgIpc) is 3.23. The highest BCUT2D eigenvalue weighted by atomic mass is 32.2. The van der Waals surface area contributed by atoms with E-state index in [1.807, 2.05) is 38.1 Å². The van der Waals surface area contributed by atoms with Crippen molar-refractivity contribution in [1.29, 1.82) is 0 Å². The molecule has 0 unspecified atom stereocenters. The van der Waals surface area contributed by atoms with Gasteiger partial charge in [0.05, 0.1) is 24.1 Å². The number of hydrogen-bond acceptors (Lipinski definition) is 7. The summed E-state index contributed by atoms with van der Waals surface area (Å²) in [4.78, 5) is 42.9. The summed E-state index contributed by atoms with van der Waals surface area (Å²) in [5.41, 5.74) is 0.00628. The summed E-state index contributed by atoms with van der Waals surface area (Å²) in [6, 6.07) is -0.522. The molecule has 0 aromatic rings. The third-order valence-electron chi connectivity index (χ3n) is 6.30. The molecule has 2 saturated heterocycles. The molecule has 3 rings (SSSR count). The number of thioether (sulfide) groups is 1. The molecule has 0 aromatic heterocycles. The minimum absolute atomic E-state index is 0.00628. The van der Waals surface area contributed by atoms with Gasteiger partial charge in [0, 0.05) is 29.2 Å². The molecule has 33 heavy (non-hydrogen) atoms. The van der Waals surface area contributed by atoms with E-state index in [9.17, 15) is 24.6 Å². The van der Waals surface area contributed by atoms with Gasteiger partial charge in [-0.15, -0.1) is 11.8 Å². The van der Waals surface area contributed by atoms with Crippen molar-refractivity contribution in [2.45, 2.75) is 43.7 Å². The van der Waals surface area contributed by atoms with Gasteiger partial charge < -0.3 is 29.6 Å². The number of ether oxygens (including phenoxy) is 1. The van der Waals surface area contributed by atoms with Crippen LogP contribution < -0.4 is 0 Å². The number of fused-ring (bicyclic) bond motifs is 1. The van der Waals surface area contributed by atoms with Crippen LogP contribution in [-0.2, 0) is 14.3 Å². The number of rotatable bonds is 9. The van der Waals surface area contributed by atoms with Gasteiger partial charge in [-0.1, -0.05) is 31.7 Å². The second-order valence-corrected chi connectivity index (χ2v) is 10.4. The maximum atomic E-state index is 12.6. The number of likely N-dealkylation sites (N-methyl/N-ethyl adjacent to an activating group) is 1. The van der Waals surface area contributed by atoms with Gasteiger partial charge in [0.1, 0.15) is 12.3 Å². The van der Waals surface area contributed by atoms with Gasteiger partial charge in [0.25, 0.3) is 0 Å². The molecule has 9 nitrogen and oxygen atoms in total. The van der Waals surface area contributed by atoms with E-state index in [1.165, 1.54) is 22.7 Å². The number of carboxylic acids is 1. The summed E-state index contributed by atoms with van der Waals surface area (Å²) in [7, 11) is 3.92. The van der Waals surface area contributed by atoms with Crippen molar-refractivity contribution in [3.8, 4) is 0 Å². The predicted molar refractivity (Wildman–Crippen MR) is 125 cm³/mol. The van der Waals surface area contributed by atoms with Crippen LogP contribution in [0.25, 0.3) is 0 Å². The standard InChI is InChI=1S/C23H33N3O6S/c1-6-10-32-23(31)25-12-16(11-15(25)8-7-9-24(4)5)33-20-13(2)18-17(14(3)27)21(28)26(18)19(20)22(29)30/h6-8,13-18,27H,1,9-12H2,2-5H3,(H,29,30)/b8-7-/t13-,14-,15-,16+,17-,18-/m1/s1. The van der Waals surface area contributed by atoms with Crippen molar-refractivity contribution >= 4 is 29.7 Å². The topological polar surface area (TPSA) is 111 Å². The van der Waals surface area contributed by atoms with E-state index in [1.54, 1.807) is 11.8 Å². The van der Waals surface area contributed by atoms with Crippen LogP contribution in [0.1, 0.15) is 20.3 Å². The number of aliphatic hydroxyl groups is 1. The maximum Gasteiger partial charge on any atom is 0.410 e. The van der Waals surface area contributed by atoms with Gasteiger partial charge in [-0.3, -0.25) is 4.79 Å². The number of likely N-dealkylation sites (tertiary alicyclic amines) is 1. The second kappa shape index (κ2) is 10.3. The number of carbonyl (C=O) groups is 3. The van der Waals surface area contributed by atoms with Gasteiger partial charge in [-0.2, -0.15) is 0 Å². The molecule has 0 radical (unpaired) electrons. The van der Waals surface area contributed by atoms with E-state index < -0.39 is 24.1 Å². The van der Waals surface area contributed by atoms with E-state index in [4.69, 9.17) is 4.74 Å². The van der Waals surface area contributed by atoms with Gasteiger partial charge in [0.15, 0.2) is 0 Å². The first kappa shape index (κ1) is 25.3. The van der Waals surface area contributed by atoms with Crippen molar-refractivity contribution in [1.82, 2.24) is 14.7 Å². The van der Waals surface area contributed by atoms with Crippen LogP contribution in [0.15, 0.2) is 35.4 Å². The molecule has 10 heteroatoms. The number of aliphatic hydroxyl groups excluding tert-OH is 1. The van der Waals surface area contributed by atoms with Gasteiger partial charge in [-0.05, 0) is 27.4 Å². The first-order chi connectivity index (χ1) is 15.6. The molecule has 2 N–H and O–H groups in total. The summed E-state index contributed by atoms with van der Waals surface area (Å²) >= 11 is 1.42. The molecule has 0 bridgehead atoms. The van der Waals surface area contributed by atoms with Crippen LogP contribution in [0.3, 0.4) is 0 Å². The summed E-state index contributed by atoms with van der Waals surface area (Å²) in [5, 5.41) is 19.8. The zero-order valence-corrected chi connectivity index (χ0v) is 20.3. The minimum atomic E-state index is -1.15. The molecule has 0 aromatic carbocycles. The van der Waals surface area contributed by atoms with Crippen LogP contribution in [0.2, 0.25) is 0 Å². The zero-order valence-electron chi connectivity index (χ0n) is 19.5. The van der Waals surface area contributed by atoms with Crippen molar-refractivity contribution < 1.29 is 29.3 Å². The first-order valence-electron chi connectivity index (χ1n) is 11.1. The molecular weight excluding hydrogens is 446 g/mol. The molecule has 2 amide bonds. The van der Waals surface area contributed by atoms with Crippen LogP contribution in [-0.4, -0.2) is 100 Å².